The third-order valence-corrected chi connectivity index (χ3v) is 3.13. The quantitative estimate of drug-likeness (QED) is 0.686. The molecule has 0 aromatic heterocycles. The van der Waals surface area contributed by atoms with Gasteiger partial charge in [-0.25, -0.2) is 0 Å². The zero-order chi connectivity index (χ0) is 12.8. The summed E-state index contributed by atoms with van der Waals surface area (Å²) in [5.41, 5.74) is 0. The van der Waals surface area contributed by atoms with Gasteiger partial charge in [0.05, 0.1) is 19.1 Å². The molecule has 1 aliphatic heterocycles. The number of piperidine rings is 1. The van der Waals surface area contributed by atoms with Crippen LogP contribution >= 0.6 is 0 Å². The minimum atomic E-state index is -0.591. The summed E-state index contributed by atoms with van der Waals surface area (Å²) in [4.78, 5) is 25.0. The van der Waals surface area contributed by atoms with Gasteiger partial charge >= 0.3 is 5.97 Å². The number of hydrogen-bond donors (Lipinski definition) is 0. The van der Waals surface area contributed by atoms with Crippen molar-refractivity contribution in [2.45, 2.75) is 26.2 Å². The van der Waals surface area contributed by atoms with Crippen molar-refractivity contribution in [3.8, 4) is 6.07 Å². The lowest BCUT2D eigenvalue weighted by molar-refractivity contribution is -0.149. The van der Waals surface area contributed by atoms with Gasteiger partial charge in [0.2, 0.25) is 5.91 Å². The lowest BCUT2D eigenvalue weighted by Gasteiger charge is -2.32. The third-order valence-electron chi connectivity index (χ3n) is 3.13. The van der Waals surface area contributed by atoms with Gasteiger partial charge in [0.15, 0.2) is 0 Å². The molecule has 1 heterocycles. The minimum Gasteiger partial charge on any atom is -0.469 e. The van der Waals surface area contributed by atoms with Crippen molar-refractivity contribution in [2.75, 3.05) is 20.2 Å². The van der Waals surface area contributed by atoms with E-state index in [0.717, 1.165) is 12.8 Å². The first-order valence-corrected chi connectivity index (χ1v) is 5.90. The number of rotatable bonds is 3. The molecule has 1 aliphatic rings. The highest BCUT2D eigenvalue weighted by molar-refractivity contribution is 5.82. The Hall–Kier alpha value is -1.57. The lowest BCUT2D eigenvalue weighted by atomic mass is 9.96. The molecule has 0 radical (unpaired) electrons. The van der Waals surface area contributed by atoms with Crippen LogP contribution < -0.4 is 0 Å². The number of amides is 1. The number of esters is 1. The van der Waals surface area contributed by atoms with Gasteiger partial charge in [0, 0.05) is 13.1 Å². The maximum absolute atomic E-state index is 12.0. The van der Waals surface area contributed by atoms with Crippen LogP contribution in [0.3, 0.4) is 0 Å². The average molecular weight is 238 g/mol. The van der Waals surface area contributed by atoms with Gasteiger partial charge in [0.25, 0.3) is 0 Å². The van der Waals surface area contributed by atoms with E-state index >= 15 is 0 Å². The van der Waals surface area contributed by atoms with E-state index in [2.05, 4.69) is 4.74 Å². The van der Waals surface area contributed by atoms with Crippen molar-refractivity contribution >= 4 is 11.9 Å². The molecular formula is C12H18N2O3. The van der Waals surface area contributed by atoms with Crippen LogP contribution in [0.15, 0.2) is 0 Å². The fourth-order valence-corrected chi connectivity index (χ4v) is 2.08. The Kier molecular flexibility index (Phi) is 4.95. The van der Waals surface area contributed by atoms with E-state index in [-0.39, 0.29) is 17.8 Å². The number of ether oxygens (including phenoxy) is 1. The monoisotopic (exact) mass is 238 g/mol. The Morgan fingerprint density at radius 3 is 2.82 bits per heavy atom. The van der Waals surface area contributed by atoms with Gasteiger partial charge in [-0.05, 0) is 19.3 Å². The molecule has 2 unspecified atom stereocenters. The van der Waals surface area contributed by atoms with Crippen molar-refractivity contribution in [1.29, 1.82) is 5.26 Å². The number of carbonyl (C=O) groups excluding carboxylic acids is 2. The molecule has 0 aromatic rings. The summed E-state index contributed by atoms with van der Waals surface area (Å²) >= 11 is 0. The molecule has 1 amide bonds. The second-order valence-corrected chi connectivity index (χ2v) is 4.24. The number of likely N-dealkylation sites (tertiary alicyclic amines) is 1. The summed E-state index contributed by atoms with van der Waals surface area (Å²) in [6.45, 7) is 2.82. The summed E-state index contributed by atoms with van der Waals surface area (Å²) < 4.78 is 4.69. The van der Waals surface area contributed by atoms with Crippen LogP contribution in [0, 0.1) is 23.2 Å². The third kappa shape index (κ3) is 3.19. The maximum Gasteiger partial charge on any atom is 0.310 e. The molecule has 1 fully saturated rings. The summed E-state index contributed by atoms with van der Waals surface area (Å²) in [6, 6.07) is 2.00. The zero-order valence-electron chi connectivity index (χ0n) is 10.3. The first kappa shape index (κ1) is 13.5. The summed E-state index contributed by atoms with van der Waals surface area (Å²) in [5.74, 6) is -1.27. The first-order valence-electron chi connectivity index (χ1n) is 5.90. The standard InChI is InChI=1S/C12H18N2O3/c1-3-9(7-13)11(15)14-6-4-5-10(8-14)12(16)17-2/h9-10H,3-6,8H2,1-2H3. The van der Waals surface area contributed by atoms with Crippen molar-refractivity contribution in [3.05, 3.63) is 0 Å². The van der Waals surface area contributed by atoms with E-state index in [1.54, 1.807) is 4.90 Å². The van der Waals surface area contributed by atoms with Gasteiger partial charge < -0.3 is 9.64 Å². The number of nitriles is 1. The molecule has 0 aliphatic carbocycles. The van der Waals surface area contributed by atoms with Crippen molar-refractivity contribution in [2.24, 2.45) is 11.8 Å². The highest BCUT2D eigenvalue weighted by Gasteiger charge is 2.31. The van der Waals surface area contributed by atoms with E-state index in [4.69, 9.17) is 5.26 Å². The van der Waals surface area contributed by atoms with Crippen LogP contribution in [-0.4, -0.2) is 37.0 Å². The molecule has 5 nitrogen and oxygen atoms in total. The lowest BCUT2D eigenvalue weighted by Crippen LogP contribution is -2.44. The van der Waals surface area contributed by atoms with Gasteiger partial charge in [0.1, 0.15) is 5.92 Å². The molecule has 0 spiro atoms. The molecule has 1 saturated heterocycles. The molecule has 0 aromatic carbocycles. The van der Waals surface area contributed by atoms with Gasteiger partial charge in [-0.15, -0.1) is 0 Å². The Labute approximate surface area is 101 Å². The number of hydrogen-bond acceptors (Lipinski definition) is 4. The highest BCUT2D eigenvalue weighted by Crippen LogP contribution is 2.20. The molecule has 17 heavy (non-hydrogen) atoms. The van der Waals surface area contributed by atoms with Gasteiger partial charge in [-0.3, -0.25) is 9.59 Å². The topological polar surface area (TPSA) is 70.4 Å². The minimum absolute atomic E-state index is 0.163. The first-order chi connectivity index (χ1) is 8.13. The SMILES string of the molecule is CCC(C#N)C(=O)N1CCCC(C(=O)OC)C1. The molecule has 0 N–H and O–H groups in total. The average Bonchev–Trinajstić information content (AvgIpc) is 2.39. The normalized spacial score (nSPS) is 21.5. The van der Waals surface area contributed by atoms with Crippen LogP contribution in [0.25, 0.3) is 0 Å². The second-order valence-electron chi connectivity index (χ2n) is 4.24. The molecule has 0 bridgehead atoms. The van der Waals surface area contributed by atoms with Gasteiger partial charge in [-0.1, -0.05) is 6.92 Å². The Morgan fingerprint density at radius 1 is 1.59 bits per heavy atom. The van der Waals surface area contributed by atoms with Crippen LogP contribution in [0.2, 0.25) is 0 Å². The maximum atomic E-state index is 12.0. The second kappa shape index (κ2) is 6.24. The van der Waals surface area contributed by atoms with Crippen molar-refractivity contribution in [3.63, 3.8) is 0 Å². The molecule has 94 valence electrons. The Balaban J connectivity index is 2.64. The largest absolute Gasteiger partial charge is 0.469 e. The predicted molar refractivity (Wildman–Crippen MR) is 60.7 cm³/mol. The van der Waals surface area contributed by atoms with Crippen LogP contribution in [0.4, 0.5) is 0 Å². The van der Waals surface area contributed by atoms with Crippen molar-refractivity contribution < 1.29 is 14.3 Å². The van der Waals surface area contributed by atoms with E-state index in [9.17, 15) is 9.59 Å². The molecule has 0 saturated carbocycles. The summed E-state index contributed by atoms with van der Waals surface area (Å²) in [6.07, 6.45) is 2.04. The fraction of sp³-hybridized carbons (Fsp3) is 0.750. The van der Waals surface area contributed by atoms with Gasteiger partial charge in [-0.2, -0.15) is 5.26 Å². The molecular weight excluding hydrogens is 220 g/mol. The number of methoxy groups -OCH3 is 1. The molecule has 5 heteroatoms. The van der Waals surface area contributed by atoms with E-state index in [1.165, 1.54) is 7.11 Å². The smallest absolute Gasteiger partial charge is 0.310 e. The van der Waals surface area contributed by atoms with Crippen molar-refractivity contribution in [1.82, 2.24) is 4.90 Å². The van der Waals surface area contributed by atoms with E-state index in [1.807, 2.05) is 13.0 Å². The number of nitrogens with zero attached hydrogens (tertiary/aromatic N) is 2. The summed E-state index contributed by atoms with van der Waals surface area (Å²) in [7, 11) is 1.35. The Bertz CT molecular complexity index is 335. The van der Waals surface area contributed by atoms with Crippen LogP contribution in [0.1, 0.15) is 26.2 Å². The molecule has 2 atom stereocenters. The summed E-state index contributed by atoms with van der Waals surface area (Å²) in [5, 5.41) is 8.86. The number of carbonyl (C=O) groups is 2. The zero-order valence-corrected chi connectivity index (χ0v) is 10.3. The fourth-order valence-electron chi connectivity index (χ4n) is 2.08. The van der Waals surface area contributed by atoms with Crippen LogP contribution in [-0.2, 0) is 14.3 Å². The van der Waals surface area contributed by atoms with E-state index < -0.39 is 5.92 Å². The highest BCUT2D eigenvalue weighted by atomic mass is 16.5. The predicted octanol–water partition coefficient (Wildman–Crippen LogP) is 0.948. The van der Waals surface area contributed by atoms with E-state index in [0.29, 0.717) is 19.5 Å². The van der Waals surface area contributed by atoms with Crippen LogP contribution in [0.5, 0.6) is 0 Å². The Morgan fingerprint density at radius 2 is 2.29 bits per heavy atom. The molecule has 1 rings (SSSR count).